The van der Waals surface area contributed by atoms with Gasteiger partial charge in [0.1, 0.15) is 0 Å². The van der Waals surface area contributed by atoms with E-state index in [9.17, 15) is 4.79 Å². The van der Waals surface area contributed by atoms with E-state index in [1.807, 2.05) is 30.3 Å². The third-order valence-electron chi connectivity index (χ3n) is 1.42. The van der Waals surface area contributed by atoms with Gasteiger partial charge in [-0.3, -0.25) is 4.79 Å². The van der Waals surface area contributed by atoms with Gasteiger partial charge in [0.2, 0.25) is 0 Å². The van der Waals surface area contributed by atoms with Crippen LogP contribution in [-0.2, 0) is 9.53 Å². The molecule has 0 fully saturated rings. The van der Waals surface area contributed by atoms with E-state index in [1.54, 1.807) is 12.4 Å². The first-order valence-electron chi connectivity index (χ1n) is 3.55. The molecule has 0 aliphatic rings. The number of hydrogen-bond donors (Lipinski definition) is 0. The van der Waals surface area contributed by atoms with Crippen molar-refractivity contribution >= 4 is 12.4 Å². The fourth-order valence-electron chi connectivity index (χ4n) is 0.831. The molecule has 0 spiro atoms. The molecular formula is C10H9O2. The predicted octanol–water partition coefficient (Wildman–Crippen LogP) is 1.78. The largest absolute Gasteiger partial charge is 0.492 e. The van der Waals surface area contributed by atoms with Gasteiger partial charge < -0.3 is 4.74 Å². The summed E-state index contributed by atoms with van der Waals surface area (Å²) in [5, 5.41) is 0. The van der Waals surface area contributed by atoms with Crippen LogP contribution in [-0.4, -0.2) is 13.4 Å². The van der Waals surface area contributed by atoms with Crippen molar-refractivity contribution in [2.45, 2.75) is 0 Å². The lowest BCUT2D eigenvalue weighted by atomic mass is 10.2. The van der Waals surface area contributed by atoms with Crippen molar-refractivity contribution in [1.82, 2.24) is 0 Å². The molecule has 0 atom stereocenters. The normalized spacial score (nSPS) is 10.9. The SMILES string of the molecule is COC([C]=O)=Cc1ccccc1. The van der Waals surface area contributed by atoms with Crippen molar-refractivity contribution in [3.63, 3.8) is 0 Å². The minimum Gasteiger partial charge on any atom is -0.492 e. The van der Waals surface area contributed by atoms with Crippen LogP contribution in [0.4, 0.5) is 0 Å². The Labute approximate surface area is 71.5 Å². The lowest BCUT2D eigenvalue weighted by Gasteiger charge is -1.95. The number of methoxy groups -OCH3 is 1. The molecule has 12 heavy (non-hydrogen) atoms. The van der Waals surface area contributed by atoms with Crippen LogP contribution >= 0.6 is 0 Å². The smallest absolute Gasteiger partial charge is 0.271 e. The van der Waals surface area contributed by atoms with Gasteiger partial charge in [-0.15, -0.1) is 0 Å². The molecule has 61 valence electrons. The molecule has 2 heteroatoms. The molecule has 0 heterocycles. The summed E-state index contributed by atoms with van der Waals surface area (Å²) < 4.78 is 4.74. The molecule has 0 bridgehead atoms. The van der Waals surface area contributed by atoms with Crippen LogP contribution in [0.3, 0.4) is 0 Å². The van der Waals surface area contributed by atoms with E-state index < -0.39 is 0 Å². The van der Waals surface area contributed by atoms with Crippen LogP contribution in [0.25, 0.3) is 6.08 Å². The number of rotatable bonds is 3. The summed E-state index contributed by atoms with van der Waals surface area (Å²) in [4.78, 5) is 10.2. The van der Waals surface area contributed by atoms with Gasteiger partial charge in [-0.2, -0.15) is 0 Å². The zero-order valence-electron chi connectivity index (χ0n) is 6.78. The standard InChI is InChI=1S/C10H9O2/c1-12-10(8-11)7-9-5-3-2-4-6-9/h2-7H,1H3. The second kappa shape index (κ2) is 4.34. The van der Waals surface area contributed by atoms with Crippen molar-refractivity contribution in [3.8, 4) is 0 Å². The van der Waals surface area contributed by atoms with Gasteiger partial charge in [0, 0.05) is 0 Å². The number of carbonyl (C=O) groups excluding carboxylic acids is 1. The third-order valence-corrected chi connectivity index (χ3v) is 1.42. The topological polar surface area (TPSA) is 26.3 Å². The summed E-state index contributed by atoms with van der Waals surface area (Å²) in [5.41, 5.74) is 0.928. The maximum absolute atomic E-state index is 10.2. The summed E-state index contributed by atoms with van der Waals surface area (Å²) in [5.74, 6) is 0.209. The molecule has 0 saturated heterocycles. The van der Waals surface area contributed by atoms with E-state index in [2.05, 4.69) is 0 Å². The maximum atomic E-state index is 10.2. The van der Waals surface area contributed by atoms with Gasteiger partial charge in [-0.25, -0.2) is 0 Å². The van der Waals surface area contributed by atoms with E-state index >= 15 is 0 Å². The van der Waals surface area contributed by atoms with Gasteiger partial charge in [0.25, 0.3) is 6.29 Å². The number of allylic oxidation sites excluding steroid dienone is 1. The summed E-state index contributed by atoms with van der Waals surface area (Å²) in [6, 6.07) is 9.47. The Balaban J connectivity index is 2.86. The van der Waals surface area contributed by atoms with Gasteiger partial charge in [0.05, 0.1) is 7.11 Å². The highest BCUT2D eigenvalue weighted by Gasteiger charge is 1.93. The fraction of sp³-hybridized carbons (Fsp3) is 0.100. The van der Waals surface area contributed by atoms with Crippen LogP contribution < -0.4 is 0 Å². The average Bonchev–Trinajstić information content (AvgIpc) is 2.16. The van der Waals surface area contributed by atoms with Crippen molar-refractivity contribution < 1.29 is 9.53 Å². The Morgan fingerprint density at radius 3 is 2.58 bits per heavy atom. The second-order valence-corrected chi connectivity index (χ2v) is 2.23. The molecule has 0 N–H and O–H groups in total. The molecule has 0 unspecified atom stereocenters. The first-order chi connectivity index (χ1) is 5.86. The summed E-state index contributed by atoms with van der Waals surface area (Å²) in [7, 11) is 1.44. The average molecular weight is 161 g/mol. The number of hydrogen-bond acceptors (Lipinski definition) is 2. The quantitative estimate of drug-likeness (QED) is 0.499. The van der Waals surface area contributed by atoms with Crippen LogP contribution in [0.2, 0.25) is 0 Å². The molecule has 0 saturated carbocycles. The van der Waals surface area contributed by atoms with E-state index in [1.165, 1.54) is 7.11 Å². The predicted molar refractivity (Wildman–Crippen MR) is 47.1 cm³/mol. The van der Waals surface area contributed by atoms with Crippen LogP contribution in [0.5, 0.6) is 0 Å². The zero-order valence-corrected chi connectivity index (χ0v) is 6.78. The van der Waals surface area contributed by atoms with Gasteiger partial charge in [-0.1, -0.05) is 30.3 Å². The summed E-state index contributed by atoms with van der Waals surface area (Å²) in [6.45, 7) is 0. The summed E-state index contributed by atoms with van der Waals surface area (Å²) >= 11 is 0. The van der Waals surface area contributed by atoms with Gasteiger partial charge in [-0.05, 0) is 11.6 Å². The van der Waals surface area contributed by atoms with E-state index in [0.29, 0.717) is 0 Å². The first-order valence-corrected chi connectivity index (χ1v) is 3.55. The molecule has 0 aromatic heterocycles. The fourth-order valence-corrected chi connectivity index (χ4v) is 0.831. The molecule has 1 aromatic carbocycles. The molecule has 1 radical (unpaired) electrons. The third kappa shape index (κ3) is 2.23. The Morgan fingerprint density at radius 2 is 2.08 bits per heavy atom. The molecular weight excluding hydrogens is 152 g/mol. The van der Waals surface area contributed by atoms with Crippen LogP contribution in [0, 0.1) is 0 Å². The monoisotopic (exact) mass is 161 g/mol. The van der Waals surface area contributed by atoms with E-state index in [4.69, 9.17) is 4.74 Å². The Hall–Kier alpha value is -1.57. The van der Waals surface area contributed by atoms with Gasteiger partial charge in [0.15, 0.2) is 5.76 Å². The highest BCUT2D eigenvalue weighted by molar-refractivity contribution is 5.79. The van der Waals surface area contributed by atoms with Crippen molar-refractivity contribution in [2.75, 3.05) is 7.11 Å². The summed E-state index contributed by atoms with van der Waals surface area (Å²) in [6.07, 6.45) is 3.32. The Kier molecular flexibility index (Phi) is 3.08. The van der Waals surface area contributed by atoms with Crippen LogP contribution in [0.1, 0.15) is 5.56 Å². The molecule has 2 nitrogen and oxygen atoms in total. The Bertz CT molecular complexity index is 275. The van der Waals surface area contributed by atoms with Crippen molar-refractivity contribution in [3.05, 3.63) is 41.7 Å². The Morgan fingerprint density at radius 1 is 1.42 bits per heavy atom. The zero-order chi connectivity index (χ0) is 8.81. The van der Waals surface area contributed by atoms with Crippen molar-refractivity contribution in [2.24, 2.45) is 0 Å². The highest BCUT2D eigenvalue weighted by Crippen LogP contribution is 2.04. The minimum absolute atomic E-state index is 0.209. The maximum Gasteiger partial charge on any atom is 0.271 e. The molecule has 0 aliphatic carbocycles. The lowest BCUT2D eigenvalue weighted by Crippen LogP contribution is -1.86. The first kappa shape index (κ1) is 8.53. The molecule has 1 aromatic rings. The molecule has 0 amide bonds. The van der Waals surface area contributed by atoms with E-state index in [0.717, 1.165) is 5.56 Å². The lowest BCUT2D eigenvalue weighted by molar-refractivity contribution is 0.314. The second-order valence-electron chi connectivity index (χ2n) is 2.23. The highest BCUT2D eigenvalue weighted by atomic mass is 16.5. The number of benzene rings is 1. The van der Waals surface area contributed by atoms with Crippen molar-refractivity contribution in [1.29, 1.82) is 0 Å². The minimum atomic E-state index is 0.209. The van der Waals surface area contributed by atoms with E-state index in [-0.39, 0.29) is 5.76 Å². The molecule has 0 aliphatic heterocycles. The van der Waals surface area contributed by atoms with Gasteiger partial charge >= 0.3 is 0 Å². The van der Waals surface area contributed by atoms with Crippen LogP contribution in [0.15, 0.2) is 36.1 Å². The molecule has 1 rings (SSSR count). The number of ether oxygens (including phenoxy) is 1.